The second-order valence-electron chi connectivity index (χ2n) is 3.52. The minimum atomic E-state index is -0.123. The number of hydrogen-bond acceptors (Lipinski definition) is 3. The van der Waals surface area contributed by atoms with E-state index in [9.17, 15) is 4.79 Å². The van der Waals surface area contributed by atoms with Crippen molar-refractivity contribution in [1.29, 1.82) is 5.26 Å². The van der Waals surface area contributed by atoms with Gasteiger partial charge in [0.25, 0.3) is 0 Å². The molecule has 80 valence electrons. The molecular formula is C10H19N3O. The van der Waals surface area contributed by atoms with Gasteiger partial charge in [-0.3, -0.25) is 4.79 Å². The van der Waals surface area contributed by atoms with Crippen molar-refractivity contribution in [2.45, 2.75) is 33.2 Å². The zero-order valence-corrected chi connectivity index (χ0v) is 9.13. The van der Waals surface area contributed by atoms with Gasteiger partial charge in [0.2, 0.25) is 5.91 Å². The minimum absolute atomic E-state index is 0.0487. The zero-order valence-electron chi connectivity index (χ0n) is 9.13. The van der Waals surface area contributed by atoms with E-state index in [0.29, 0.717) is 19.1 Å². The molecule has 0 heterocycles. The summed E-state index contributed by atoms with van der Waals surface area (Å²) in [6, 6.07) is 2.42. The molecule has 0 radical (unpaired) electrons. The Balaban J connectivity index is 3.52. The van der Waals surface area contributed by atoms with Crippen LogP contribution in [-0.2, 0) is 4.79 Å². The van der Waals surface area contributed by atoms with Gasteiger partial charge in [0.1, 0.15) is 0 Å². The van der Waals surface area contributed by atoms with Crippen molar-refractivity contribution in [1.82, 2.24) is 10.6 Å². The Kier molecular flexibility index (Phi) is 6.77. The van der Waals surface area contributed by atoms with Gasteiger partial charge >= 0.3 is 0 Å². The summed E-state index contributed by atoms with van der Waals surface area (Å²) in [4.78, 5) is 11.2. The number of carbonyl (C=O) groups is 1. The molecular weight excluding hydrogens is 178 g/mol. The number of nitrogens with zero attached hydrogens (tertiary/aromatic N) is 1. The molecule has 14 heavy (non-hydrogen) atoms. The van der Waals surface area contributed by atoms with E-state index in [4.69, 9.17) is 5.26 Å². The van der Waals surface area contributed by atoms with E-state index in [0.717, 1.165) is 6.42 Å². The predicted molar refractivity (Wildman–Crippen MR) is 55.5 cm³/mol. The van der Waals surface area contributed by atoms with Crippen molar-refractivity contribution in [2.75, 3.05) is 13.1 Å². The van der Waals surface area contributed by atoms with Gasteiger partial charge in [-0.1, -0.05) is 6.92 Å². The minimum Gasteiger partial charge on any atom is -0.354 e. The normalized spacial score (nSPS) is 14.1. The first-order valence-electron chi connectivity index (χ1n) is 4.99. The van der Waals surface area contributed by atoms with Gasteiger partial charge in [-0.2, -0.15) is 5.26 Å². The number of amides is 1. The fraction of sp³-hybridized carbons (Fsp3) is 0.800. The lowest BCUT2D eigenvalue weighted by Gasteiger charge is -2.11. The van der Waals surface area contributed by atoms with Crippen molar-refractivity contribution in [2.24, 2.45) is 5.92 Å². The molecule has 0 saturated heterocycles. The van der Waals surface area contributed by atoms with Gasteiger partial charge < -0.3 is 10.6 Å². The van der Waals surface area contributed by atoms with Gasteiger partial charge in [0.05, 0.1) is 18.5 Å². The summed E-state index contributed by atoms with van der Waals surface area (Å²) in [5.41, 5.74) is 0. The van der Waals surface area contributed by atoms with Crippen LogP contribution in [0.25, 0.3) is 0 Å². The van der Waals surface area contributed by atoms with Crippen LogP contribution < -0.4 is 10.6 Å². The number of hydrogen-bond donors (Lipinski definition) is 2. The summed E-state index contributed by atoms with van der Waals surface area (Å²) >= 11 is 0. The molecule has 4 nitrogen and oxygen atoms in total. The zero-order chi connectivity index (χ0) is 11.0. The third-order valence-electron chi connectivity index (χ3n) is 2.05. The molecule has 0 aromatic heterocycles. The van der Waals surface area contributed by atoms with E-state index in [1.54, 1.807) is 6.92 Å². The first-order valence-corrected chi connectivity index (χ1v) is 4.99. The second kappa shape index (κ2) is 7.34. The lowest BCUT2D eigenvalue weighted by Crippen LogP contribution is -2.39. The van der Waals surface area contributed by atoms with Gasteiger partial charge in [-0.05, 0) is 20.3 Å². The Morgan fingerprint density at radius 2 is 2.14 bits per heavy atom. The third-order valence-corrected chi connectivity index (χ3v) is 2.05. The molecule has 0 spiro atoms. The van der Waals surface area contributed by atoms with Crippen molar-refractivity contribution >= 4 is 5.91 Å². The molecule has 0 saturated carbocycles. The molecule has 0 fully saturated rings. The van der Waals surface area contributed by atoms with Crippen LogP contribution in [0.4, 0.5) is 0 Å². The molecule has 1 amide bonds. The maximum atomic E-state index is 11.2. The number of carbonyl (C=O) groups excluding carboxylic acids is 1. The topological polar surface area (TPSA) is 64.9 Å². The van der Waals surface area contributed by atoms with Crippen LogP contribution >= 0.6 is 0 Å². The molecule has 0 rings (SSSR count). The molecule has 2 N–H and O–H groups in total. The standard InChI is InChI=1S/C10H19N3O/c1-4-9(3)12-7-10(14)13-6-8(2)5-11/h8-9,12H,4,6-7H2,1-3H3,(H,13,14). The lowest BCUT2D eigenvalue weighted by atomic mass is 10.2. The van der Waals surface area contributed by atoms with Crippen LogP contribution in [0.15, 0.2) is 0 Å². The van der Waals surface area contributed by atoms with Crippen molar-refractivity contribution in [3.05, 3.63) is 0 Å². The SMILES string of the molecule is CCC(C)NCC(=O)NCC(C)C#N. The van der Waals surface area contributed by atoms with E-state index in [-0.39, 0.29) is 11.8 Å². The molecule has 0 aliphatic rings. The number of nitrogens with one attached hydrogen (secondary N) is 2. The van der Waals surface area contributed by atoms with Crippen LogP contribution in [0.1, 0.15) is 27.2 Å². The summed E-state index contributed by atoms with van der Waals surface area (Å²) < 4.78 is 0. The van der Waals surface area contributed by atoms with Crippen molar-refractivity contribution < 1.29 is 4.79 Å². The molecule has 0 aromatic carbocycles. The van der Waals surface area contributed by atoms with E-state index in [1.165, 1.54) is 0 Å². The highest BCUT2D eigenvalue weighted by Crippen LogP contribution is 1.88. The van der Waals surface area contributed by atoms with E-state index < -0.39 is 0 Å². The summed E-state index contributed by atoms with van der Waals surface area (Å²) in [5, 5.41) is 14.3. The Bertz CT molecular complexity index is 210. The van der Waals surface area contributed by atoms with Crippen LogP contribution in [0.3, 0.4) is 0 Å². The Labute approximate surface area is 85.7 Å². The number of nitriles is 1. The molecule has 2 unspecified atom stereocenters. The van der Waals surface area contributed by atoms with E-state index in [2.05, 4.69) is 23.6 Å². The van der Waals surface area contributed by atoms with Gasteiger partial charge in [0, 0.05) is 12.6 Å². The largest absolute Gasteiger partial charge is 0.354 e. The summed E-state index contributed by atoms with van der Waals surface area (Å²) in [6.45, 7) is 6.63. The smallest absolute Gasteiger partial charge is 0.234 e. The predicted octanol–water partition coefficient (Wildman–Crippen LogP) is 0.650. The first kappa shape index (κ1) is 12.9. The van der Waals surface area contributed by atoms with E-state index >= 15 is 0 Å². The second-order valence-corrected chi connectivity index (χ2v) is 3.52. The molecule has 0 aromatic rings. The lowest BCUT2D eigenvalue weighted by molar-refractivity contribution is -0.120. The molecule has 0 aliphatic heterocycles. The highest BCUT2D eigenvalue weighted by atomic mass is 16.1. The molecule has 0 bridgehead atoms. The Morgan fingerprint density at radius 1 is 1.50 bits per heavy atom. The van der Waals surface area contributed by atoms with Crippen LogP contribution in [0.2, 0.25) is 0 Å². The average Bonchev–Trinajstić information content (AvgIpc) is 2.22. The van der Waals surface area contributed by atoms with Crippen LogP contribution in [-0.4, -0.2) is 25.0 Å². The summed E-state index contributed by atoms with van der Waals surface area (Å²) in [6.07, 6.45) is 1.00. The molecule has 0 aliphatic carbocycles. The average molecular weight is 197 g/mol. The third kappa shape index (κ3) is 6.44. The maximum Gasteiger partial charge on any atom is 0.234 e. The van der Waals surface area contributed by atoms with Crippen molar-refractivity contribution in [3.63, 3.8) is 0 Å². The summed E-state index contributed by atoms with van der Waals surface area (Å²) in [7, 11) is 0. The van der Waals surface area contributed by atoms with Crippen LogP contribution in [0.5, 0.6) is 0 Å². The fourth-order valence-electron chi connectivity index (χ4n) is 0.786. The maximum absolute atomic E-state index is 11.2. The van der Waals surface area contributed by atoms with Crippen molar-refractivity contribution in [3.8, 4) is 6.07 Å². The molecule has 4 heteroatoms. The van der Waals surface area contributed by atoms with Gasteiger partial charge in [-0.15, -0.1) is 0 Å². The first-order chi connectivity index (χ1) is 6.60. The van der Waals surface area contributed by atoms with E-state index in [1.807, 2.05) is 6.92 Å². The Hall–Kier alpha value is -1.08. The van der Waals surface area contributed by atoms with Gasteiger partial charge in [-0.25, -0.2) is 0 Å². The monoisotopic (exact) mass is 197 g/mol. The summed E-state index contributed by atoms with van der Waals surface area (Å²) in [5.74, 6) is -0.171. The highest BCUT2D eigenvalue weighted by Gasteiger charge is 2.05. The Morgan fingerprint density at radius 3 is 2.64 bits per heavy atom. The molecule has 2 atom stereocenters. The quantitative estimate of drug-likeness (QED) is 0.657. The number of rotatable bonds is 6. The van der Waals surface area contributed by atoms with Crippen LogP contribution in [0, 0.1) is 17.2 Å². The highest BCUT2D eigenvalue weighted by molar-refractivity contribution is 5.78. The van der Waals surface area contributed by atoms with Gasteiger partial charge in [0.15, 0.2) is 0 Å². The fourth-order valence-corrected chi connectivity index (χ4v) is 0.786.